The summed E-state index contributed by atoms with van der Waals surface area (Å²) in [5.41, 5.74) is -1.94. The van der Waals surface area contributed by atoms with E-state index in [1.165, 1.54) is 0 Å². The average molecular weight is 256 g/mol. The second-order valence-electron chi connectivity index (χ2n) is 2.89. The zero-order valence-electron chi connectivity index (χ0n) is 8.28. The first-order chi connectivity index (χ1) is 6.84. The third kappa shape index (κ3) is 4.02. The van der Waals surface area contributed by atoms with Crippen LogP contribution in [0.4, 0.5) is 12.9 Å². The predicted molar refractivity (Wildman–Crippen MR) is 47.5 cm³/mol. The van der Waals surface area contributed by atoms with Gasteiger partial charge in [0.05, 0.1) is 5.56 Å². The average Bonchev–Trinajstić information content (AvgIpc) is 2.15. The molecule has 0 aromatic heterocycles. The number of rotatable bonds is 3. The van der Waals surface area contributed by atoms with Crippen molar-refractivity contribution in [2.24, 2.45) is 0 Å². The second kappa shape index (κ2) is 5.97. The maximum atomic E-state index is 12.3. The van der Waals surface area contributed by atoms with Gasteiger partial charge in [-0.3, -0.25) is 4.79 Å². The summed E-state index contributed by atoms with van der Waals surface area (Å²) >= 11 is 0. The summed E-state index contributed by atoms with van der Waals surface area (Å²) in [6, 6.07) is 2.02. The van der Waals surface area contributed by atoms with Gasteiger partial charge in [0.15, 0.2) is 0 Å². The molecule has 0 fully saturated rings. The molecule has 0 bridgehead atoms. The van der Waals surface area contributed by atoms with Crippen LogP contribution in [0.15, 0.2) is 18.2 Å². The van der Waals surface area contributed by atoms with Gasteiger partial charge in [-0.15, -0.1) is 5.46 Å². The number of carboxylic acids is 1. The van der Waals surface area contributed by atoms with Crippen LogP contribution in [-0.2, 0) is 0 Å². The van der Waals surface area contributed by atoms with Crippen molar-refractivity contribution in [2.75, 3.05) is 0 Å². The van der Waals surface area contributed by atoms with E-state index in [1.807, 2.05) is 0 Å². The first kappa shape index (κ1) is 15.9. The molecule has 0 spiro atoms. The molecular weight excluding hydrogens is 251 g/mol. The molecule has 0 aliphatic rings. The summed E-state index contributed by atoms with van der Waals surface area (Å²) in [5, 5.41) is 8.52. The van der Waals surface area contributed by atoms with Gasteiger partial charge < -0.3 is 18.1 Å². The van der Waals surface area contributed by atoms with Gasteiger partial charge in [-0.2, -0.15) is 0 Å². The van der Waals surface area contributed by atoms with E-state index in [4.69, 9.17) is 5.11 Å². The molecule has 0 atom stereocenters. The molecule has 0 aliphatic carbocycles. The molecule has 1 aromatic rings. The number of aldehydes is 1. The van der Waals surface area contributed by atoms with Crippen LogP contribution in [0.3, 0.4) is 0 Å². The van der Waals surface area contributed by atoms with E-state index in [2.05, 4.69) is 0 Å². The van der Waals surface area contributed by atoms with Crippen LogP contribution in [0.25, 0.3) is 0 Å². The second-order valence-corrected chi connectivity index (χ2v) is 2.89. The Hall–Kier alpha value is -0.149. The molecule has 0 aliphatic heterocycles. The Bertz CT molecular complexity index is 419. The first-order valence-corrected chi connectivity index (χ1v) is 3.88. The maximum Gasteiger partial charge on any atom is 1.00 e. The number of halogens is 3. The topological polar surface area (TPSA) is 54.4 Å². The van der Waals surface area contributed by atoms with E-state index >= 15 is 0 Å². The number of aromatic carboxylic acids is 1. The van der Waals surface area contributed by atoms with E-state index in [0.717, 1.165) is 6.07 Å². The Morgan fingerprint density at radius 3 is 2.19 bits per heavy atom. The van der Waals surface area contributed by atoms with Gasteiger partial charge in [-0.1, -0.05) is 12.1 Å². The van der Waals surface area contributed by atoms with Crippen LogP contribution < -0.4 is 56.8 Å². The number of carbonyl (C=O) groups is 2. The summed E-state index contributed by atoms with van der Waals surface area (Å²) in [6.07, 6.45) is 0.178. The largest absolute Gasteiger partial charge is 1.00 e. The van der Waals surface area contributed by atoms with Crippen LogP contribution in [0.2, 0.25) is 0 Å². The van der Waals surface area contributed by atoms with Crippen LogP contribution in [0.5, 0.6) is 0 Å². The third-order valence-corrected chi connectivity index (χ3v) is 1.74. The number of carboxylic acid groups (broad SMARTS) is 1. The zero-order valence-corrected chi connectivity index (χ0v) is 11.4. The maximum absolute atomic E-state index is 12.3. The Morgan fingerprint density at radius 1 is 1.25 bits per heavy atom. The van der Waals surface area contributed by atoms with E-state index in [1.54, 1.807) is 0 Å². The normalized spacial score (nSPS) is 10.4. The van der Waals surface area contributed by atoms with Crippen molar-refractivity contribution in [1.29, 1.82) is 0 Å². The Balaban J connectivity index is 0.00000225. The fourth-order valence-electron chi connectivity index (χ4n) is 1.06. The minimum atomic E-state index is -5.30. The van der Waals surface area contributed by atoms with Gasteiger partial charge in [0.2, 0.25) is 0 Å². The molecule has 0 heterocycles. The summed E-state index contributed by atoms with van der Waals surface area (Å²) in [4.78, 5) is 20.8. The number of carbonyl (C=O) groups excluding carboxylic acids is 1. The fourth-order valence-corrected chi connectivity index (χ4v) is 1.06. The van der Waals surface area contributed by atoms with Crippen molar-refractivity contribution in [1.82, 2.24) is 0 Å². The third-order valence-electron chi connectivity index (χ3n) is 1.74. The van der Waals surface area contributed by atoms with E-state index in [0.29, 0.717) is 12.1 Å². The van der Waals surface area contributed by atoms with Crippen molar-refractivity contribution in [3.05, 3.63) is 29.3 Å². The summed E-state index contributed by atoms with van der Waals surface area (Å²) in [5.74, 6) is -1.50. The molecule has 0 saturated heterocycles. The molecule has 16 heavy (non-hydrogen) atoms. The van der Waals surface area contributed by atoms with E-state index in [9.17, 15) is 22.5 Å². The molecule has 8 heteroatoms. The van der Waals surface area contributed by atoms with Crippen molar-refractivity contribution in [2.45, 2.75) is 0 Å². The predicted octanol–water partition coefficient (Wildman–Crippen LogP) is -1.74. The number of hydrogen-bond acceptors (Lipinski definition) is 2. The smallest absolute Gasteiger partial charge is 0.478 e. The van der Waals surface area contributed by atoms with E-state index < -0.39 is 24.0 Å². The molecule has 0 unspecified atom stereocenters. The Morgan fingerprint density at radius 2 is 1.81 bits per heavy atom. The summed E-state index contributed by atoms with van der Waals surface area (Å²) < 4.78 is 36.9. The minimum Gasteiger partial charge on any atom is -0.478 e. The summed E-state index contributed by atoms with van der Waals surface area (Å²) in [7, 11) is 0. The monoisotopic (exact) mass is 256 g/mol. The molecule has 3 nitrogen and oxygen atoms in total. The minimum absolute atomic E-state index is 0. The molecule has 1 N–H and O–H groups in total. The number of hydrogen-bond donors (Lipinski definition) is 1. The van der Waals surface area contributed by atoms with Crippen molar-refractivity contribution in [3.8, 4) is 0 Å². The molecule has 1 rings (SSSR count). The van der Waals surface area contributed by atoms with Crippen LogP contribution in [0.1, 0.15) is 20.7 Å². The van der Waals surface area contributed by atoms with Gasteiger partial charge in [-0.25, -0.2) is 4.79 Å². The van der Waals surface area contributed by atoms with Gasteiger partial charge in [-0.05, 0) is 6.07 Å². The van der Waals surface area contributed by atoms with Crippen LogP contribution in [-0.4, -0.2) is 24.3 Å². The van der Waals surface area contributed by atoms with Crippen LogP contribution in [0, 0.1) is 0 Å². The van der Waals surface area contributed by atoms with Gasteiger partial charge in [0.25, 0.3) is 0 Å². The van der Waals surface area contributed by atoms with Crippen molar-refractivity contribution >= 4 is 24.7 Å². The van der Waals surface area contributed by atoms with Gasteiger partial charge >= 0.3 is 64.3 Å². The Kier molecular flexibility index (Phi) is 5.91. The molecular formula is C8H5BF3KO3. The quantitative estimate of drug-likeness (QED) is 0.515. The van der Waals surface area contributed by atoms with Crippen molar-refractivity contribution < 1.29 is 79.0 Å². The van der Waals surface area contributed by atoms with Crippen LogP contribution >= 0.6 is 0 Å². The van der Waals surface area contributed by atoms with Gasteiger partial charge in [0, 0.05) is 5.56 Å². The van der Waals surface area contributed by atoms with Gasteiger partial charge in [0.1, 0.15) is 6.29 Å². The SMILES string of the molecule is O=Cc1cc(C(=O)O)cc([B-](F)(F)F)c1.[K+]. The Labute approximate surface area is 132 Å². The standard InChI is InChI=1S/C8H5BF3O3.K/c10-9(11,12)7-2-5(4-13)1-6(3-7)8(14)15;/h1-4H,(H,14,15);/q-1;+1. The zero-order chi connectivity index (χ0) is 11.6. The molecule has 1 aromatic carbocycles. The molecule has 0 radical (unpaired) electrons. The summed E-state index contributed by atoms with van der Waals surface area (Å²) in [6.45, 7) is -5.30. The van der Waals surface area contributed by atoms with Crippen molar-refractivity contribution in [3.63, 3.8) is 0 Å². The number of benzene rings is 1. The fraction of sp³-hybridized carbons (Fsp3) is 0. The van der Waals surface area contributed by atoms with E-state index in [-0.39, 0.29) is 63.2 Å². The first-order valence-electron chi connectivity index (χ1n) is 3.88. The molecule has 80 valence electrons. The molecule has 0 saturated carbocycles. The molecule has 0 amide bonds.